The zero-order valence-corrected chi connectivity index (χ0v) is 23.8. The molecule has 0 amide bonds. The molecule has 0 bridgehead atoms. The zero-order chi connectivity index (χ0) is 33.3. The summed E-state index contributed by atoms with van der Waals surface area (Å²) in [7, 11) is 0. The van der Waals surface area contributed by atoms with E-state index in [4.69, 9.17) is 23.7 Å². The predicted octanol–water partition coefficient (Wildman–Crippen LogP) is -2.23. The van der Waals surface area contributed by atoms with E-state index in [2.05, 4.69) is 0 Å². The fourth-order valence-corrected chi connectivity index (χ4v) is 4.96. The maximum atomic E-state index is 12.6. The number of carbonyl (C=O) groups is 2. The number of rotatable bonds is 8. The average molecular weight is 643 g/mol. The molecule has 248 valence electrons. The van der Waals surface area contributed by atoms with E-state index in [0.29, 0.717) is 0 Å². The maximum Gasteiger partial charge on any atom is 0.342 e. The van der Waals surface area contributed by atoms with Gasteiger partial charge in [0.2, 0.25) is 0 Å². The number of carbonyl (C=O) groups excluding carboxylic acids is 2. The van der Waals surface area contributed by atoms with Gasteiger partial charge < -0.3 is 74.7 Å². The van der Waals surface area contributed by atoms with Gasteiger partial charge in [-0.1, -0.05) is 0 Å². The molecule has 2 aromatic carbocycles. The fraction of sp³-hybridized carbons (Fsp3) is 0.500. The molecule has 17 nitrogen and oxygen atoms in total. The molecule has 10 atom stereocenters. The Bertz CT molecular complexity index is 1250. The van der Waals surface area contributed by atoms with Crippen molar-refractivity contribution in [1.82, 2.24) is 0 Å². The van der Waals surface area contributed by atoms with Gasteiger partial charge in [-0.05, 0) is 37.1 Å². The molecule has 0 saturated carbocycles. The third-order valence-corrected chi connectivity index (χ3v) is 7.37. The molecule has 0 aromatic heterocycles. The highest BCUT2D eigenvalue weighted by atomic mass is 16.8. The molecule has 0 aliphatic carbocycles. The number of aromatic hydroxyl groups is 4. The summed E-state index contributed by atoms with van der Waals surface area (Å²) in [5, 5.41) is 102. The first-order chi connectivity index (χ1) is 21.1. The highest BCUT2D eigenvalue weighted by Crippen LogP contribution is 2.31. The summed E-state index contributed by atoms with van der Waals surface area (Å²) in [6.45, 7) is 1.36. The molecule has 10 N–H and O–H groups in total. The van der Waals surface area contributed by atoms with Crippen molar-refractivity contribution in [3.63, 3.8) is 0 Å². The Kier molecular flexibility index (Phi) is 10.4. The lowest BCUT2D eigenvalue weighted by Gasteiger charge is -2.44. The summed E-state index contributed by atoms with van der Waals surface area (Å²) in [5.74, 6) is -3.92. The van der Waals surface area contributed by atoms with Crippen LogP contribution in [0.15, 0.2) is 24.3 Å². The largest absolute Gasteiger partial charge is 0.508 e. The number of phenolic OH excluding ortho intramolecular Hbond substituents is 4. The summed E-state index contributed by atoms with van der Waals surface area (Å²) in [5.41, 5.74) is -0.252. The van der Waals surface area contributed by atoms with Gasteiger partial charge in [-0.2, -0.15) is 0 Å². The van der Waals surface area contributed by atoms with Crippen LogP contribution in [-0.2, 0) is 23.7 Å². The second kappa shape index (κ2) is 13.7. The van der Waals surface area contributed by atoms with E-state index < -0.39 is 98.1 Å². The van der Waals surface area contributed by atoms with Crippen LogP contribution in [0.4, 0.5) is 0 Å². The van der Waals surface area contributed by atoms with Crippen LogP contribution in [0.5, 0.6) is 23.0 Å². The van der Waals surface area contributed by atoms with Crippen LogP contribution in [0.2, 0.25) is 0 Å². The molecule has 0 unspecified atom stereocenters. The minimum atomic E-state index is -1.97. The summed E-state index contributed by atoms with van der Waals surface area (Å²) < 4.78 is 26.5. The van der Waals surface area contributed by atoms with Crippen LogP contribution in [-0.4, -0.2) is 138 Å². The van der Waals surface area contributed by atoms with Crippen LogP contribution in [0.25, 0.3) is 0 Å². The predicted molar refractivity (Wildman–Crippen MR) is 144 cm³/mol. The zero-order valence-electron chi connectivity index (χ0n) is 23.8. The molecular weight excluding hydrogens is 608 g/mol. The maximum absolute atomic E-state index is 12.6. The monoisotopic (exact) mass is 642 g/mol. The third-order valence-electron chi connectivity index (χ3n) is 7.37. The van der Waals surface area contributed by atoms with Crippen molar-refractivity contribution in [3.05, 3.63) is 46.5 Å². The second-order valence-corrected chi connectivity index (χ2v) is 10.7. The van der Waals surface area contributed by atoms with E-state index in [1.165, 1.54) is 26.0 Å². The van der Waals surface area contributed by atoms with E-state index in [9.17, 15) is 60.7 Å². The number of aliphatic hydroxyl groups excluding tert-OH is 6. The molecule has 0 spiro atoms. The number of esters is 2. The fourth-order valence-electron chi connectivity index (χ4n) is 4.96. The van der Waals surface area contributed by atoms with Crippen molar-refractivity contribution in [2.24, 2.45) is 0 Å². The van der Waals surface area contributed by atoms with Crippen LogP contribution < -0.4 is 0 Å². The molecule has 0 radical (unpaired) electrons. The van der Waals surface area contributed by atoms with E-state index in [1.807, 2.05) is 0 Å². The van der Waals surface area contributed by atoms with Gasteiger partial charge >= 0.3 is 11.9 Å². The van der Waals surface area contributed by atoms with E-state index in [1.54, 1.807) is 0 Å². The first-order valence-electron chi connectivity index (χ1n) is 13.5. The van der Waals surface area contributed by atoms with Crippen molar-refractivity contribution in [2.75, 3.05) is 13.2 Å². The van der Waals surface area contributed by atoms with Gasteiger partial charge in [0.25, 0.3) is 0 Å². The summed E-state index contributed by atoms with van der Waals surface area (Å²) in [4.78, 5) is 25.2. The van der Waals surface area contributed by atoms with Gasteiger partial charge in [0.05, 0.1) is 0 Å². The highest BCUT2D eigenvalue weighted by Gasteiger charge is 2.50. The lowest BCUT2D eigenvalue weighted by Crippen LogP contribution is -2.64. The van der Waals surface area contributed by atoms with E-state index >= 15 is 0 Å². The Morgan fingerprint density at radius 1 is 0.600 bits per heavy atom. The molecule has 2 aromatic rings. The topological polar surface area (TPSA) is 283 Å². The number of aryl methyl sites for hydroxylation is 2. The normalized spacial score (nSPS) is 31.7. The Hall–Kier alpha value is -3.78. The number of hydrogen-bond acceptors (Lipinski definition) is 17. The molecule has 2 aliphatic heterocycles. The van der Waals surface area contributed by atoms with Gasteiger partial charge in [-0.25, -0.2) is 9.59 Å². The number of benzene rings is 2. The molecule has 2 saturated heterocycles. The van der Waals surface area contributed by atoms with Crippen molar-refractivity contribution in [2.45, 2.75) is 75.3 Å². The van der Waals surface area contributed by atoms with Crippen molar-refractivity contribution in [1.29, 1.82) is 0 Å². The Labute approximate surface area is 254 Å². The van der Waals surface area contributed by atoms with Crippen molar-refractivity contribution in [3.8, 4) is 23.0 Å². The molecule has 45 heavy (non-hydrogen) atoms. The number of phenols is 4. The second-order valence-electron chi connectivity index (χ2n) is 10.7. The van der Waals surface area contributed by atoms with Crippen LogP contribution in [0, 0.1) is 13.8 Å². The quantitative estimate of drug-likeness (QED) is 0.136. The lowest BCUT2D eigenvalue weighted by molar-refractivity contribution is -0.376. The lowest BCUT2D eigenvalue weighted by atomic mass is 9.98. The molecule has 4 rings (SSSR count). The van der Waals surface area contributed by atoms with Gasteiger partial charge in [0.15, 0.2) is 12.6 Å². The smallest absolute Gasteiger partial charge is 0.342 e. The standard InChI is InChI=1S/C28H34O17/c1-9-3-11(29)5-13(31)17(9)25(39)41-7-15-19(33)21(35)23(37)27(43-15)45-28-24(38)22(36)20(34)16(44-28)8-42-26(40)18-10(2)4-12(30)6-14(18)32/h3-6,15-16,19-24,27-38H,7-8H2,1-2H3/t15-,16-,19-,20-,21+,22+,23-,24-,27-,28+/m1/s1. The minimum absolute atomic E-state index is 0.165. The first kappa shape index (κ1) is 34.1. The molecule has 2 heterocycles. The number of ether oxygens (including phenoxy) is 5. The third kappa shape index (κ3) is 7.22. The van der Waals surface area contributed by atoms with Gasteiger partial charge in [-0.15, -0.1) is 0 Å². The molecule has 2 aliphatic rings. The minimum Gasteiger partial charge on any atom is -0.508 e. The van der Waals surface area contributed by atoms with Crippen LogP contribution in [0.3, 0.4) is 0 Å². The van der Waals surface area contributed by atoms with Gasteiger partial charge in [-0.3, -0.25) is 0 Å². The average Bonchev–Trinajstić information content (AvgIpc) is 2.95. The number of aliphatic hydroxyl groups is 6. The highest BCUT2D eigenvalue weighted by molar-refractivity contribution is 5.95. The molecular formula is C28H34O17. The summed E-state index contributed by atoms with van der Waals surface area (Å²) in [6.07, 6.45) is -18.3. The molecule has 17 heteroatoms. The Morgan fingerprint density at radius 3 is 1.29 bits per heavy atom. The van der Waals surface area contributed by atoms with Gasteiger partial charge in [0.1, 0.15) is 96.2 Å². The molecule has 2 fully saturated rings. The van der Waals surface area contributed by atoms with Crippen molar-refractivity contribution < 1.29 is 84.3 Å². The Morgan fingerprint density at radius 2 is 0.956 bits per heavy atom. The number of hydrogen-bond donors (Lipinski definition) is 10. The van der Waals surface area contributed by atoms with Gasteiger partial charge in [0, 0.05) is 12.1 Å². The van der Waals surface area contributed by atoms with Crippen LogP contribution >= 0.6 is 0 Å². The first-order valence-corrected chi connectivity index (χ1v) is 13.5. The van der Waals surface area contributed by atoms with Crippen LogP contribution in [0.1, 0.15) is 31.8 Å². The van der Waals surface area contributed by atoms with E-state index in [0.717, 1.165) is 12.1 Å². The summed E-state index contributed by atoms with van der Waals surface area (Å²) in [6, 6.07) is 4.21. The SMILES string of the molecule is Cc1cc(O)cc(O)c1C(=O)OC[C@H]1O[C@@H](O[C@H]2O[C@H](COC(=O)c3c(C)cc(O)cc3O)[C@@H](O)[C@H](O)[C@H]2O)[C@H](O)[C@@H](O)[C@@H]1O. The van der Waals surface area contributed by atoms with Crippen molar-refractivity contribution >= 4 is 11.9 Å². The van der Waals surface area contributed by atoms with E-state index in [-0.39, 0.29) is 33.8 Å². The Balaban J connectivity index is 1.42. The summed E-state index contributed by atoms with van der Waals surface area (Å²) >= 11 is 0.